The zero-order valence-corrected chi connectivity index (χ0v) is 8.28. The maximum Gasteiger partial charge on any atom is 0.125 e. The molecule has 13 heavy (non-hydrogen) atoms. The van der Waals surface area contributed by atoms with Crippen molar-refractivity contribution in [1.29, 1.82) is 0 Å². The molecule has 0 saturated heterocycles. The van der Waals surface area contributed by atoms with Crippen LogP contribution in [-0.2, 0) is 11.4 Å². The highest BCUT2D eigenvalue weighted by Gasteiger charge is 2.04. The summed E-state index contributed by atoms with van der Waals surface area (Å²) in [6, 6.07) is 2.74. The minimum absolute atomic E-state index is 0.330. The highest BCUT2D eigenvalue weighted by atomic mass is 35.5. The first kappa shape index (κ1) is 10.4. The first-order valence-corrected chi connectivity index (χ1v) is 4.23. The average molecular weight is 204 g/mol. The largest absolute Gasteiger partial charge is 0.305 e. The van der Waals surface area contributed by atoms with Crippen LogP contribution >= 0.6 is 11.6 Å². The minimum Gasteiger partial charge on any atom is -0.305 e. The van der Waals surface area contributed by atoms with E-state index in [2.05, 4.69) is 10.3 Å². The lowest BCUT2D eigenvalue weighted by molar-refractivity contribution is 0.0865. The summed E-state index contributed by atoms with van der Waals surface area (Å²) in [5.74, 6) is -0.330. The summed E-state index contributed by atoms with van der Waals surface area (Å²) >= 11 is 5.79. The Balaban J connectivity index is 2.92. The van der Waals surface area contributed by atoms with Gasteiger partial charge in [-0.05, 0) is 30.2 Å². The van der Waals surface area contributed by atoms with Gasteiger partial charge in [0.25, 0.3) is 0 Å². The van der Waals surface area contributed by atoms with Gasteiger partial charge in [0.2, 0.25) is 0 Å². The lowest BCUT2D eigenvalue weighted by atomic mass is 10.1. The molecule has 0 unspecified atom stereocenters. The zero-order valence-electron chi connectivity index (χ0n) is 7.53. The van der Waals surface area contributed by atoms with Crippen molar-refractivity contribution in [2.45, 2.75) is 13.5 Å². The molecule has 0 aromatic heterocycles. The Hall–Kier alpha value is -0.640. The van der Waals surface area contributed by atoms with Crippen LogP contribution in [0, 0.1) is 12.7 Å². The van der Waals surface area contributed by atoms with Crippen molar-refractivity contribution in [3.05, 3.63) is 34.1 Å². The van der Waals surface area contributed by atoms with Crippen LogP contribution < -0.4 is 5.48 Å². The summed E-state index contributed by atoms with van der Waals surface area (Å²) in [4.78, 5) is 4.66. The molecule has 0 fully saturated rings. The number of nitrogens with one attached hydrogen (secondary N) is 1. The van der Waals surface area contributed by atoms with Crippen molar-refractivity contribution in [3.63, 3.8) is 0 Å². The summed E-state index contributed by atoms with van der Waals surface area (Å²) < 4.78 is 12.9. The van der Waals surface area contributed by atoms with E-state index in [1.165, 1.54) is 19.2 Å². The van der Waals surface area contributed by atoms with E-state index >= 15 is 0 Å². The number of rotatable bonds is 3. The number of halogens is 2. The fraction of sp³-hybridized carbons (Fsp3) is 0.333. The predicted octanol–water partition coefficient (Wildman–Crippen LogP) is 2.44. The summed E-state index contributed by atoms with van der Waals surface area (Å²) in [6.45, 7) is 2.29. The molecule has 0 aliphatic heterocycles. The van der Waals surface area contributed by atoms with Gasteiger partial charge in [-0.2, -0.15) is 5.48 Å². The topological polar surface area (TPSA) is 21.3 Å². The average Bonchev–Trinajstić information content (AvgIpc) is 2.09. The van der Waals surface area contributed by atoms with Gasteiger partial charge in [0, 0.05) is 11.6 Å². The number of hydroxylamine groups is 1. The van der Waals surface area contributed by atoms with Gasteiger partial charge in [-0.15, -0.1) is 0 Å². The molecule has 0 atom stereocenters. The molecule has 1 N–H and O–H groups in total. The van der Waals surface area contributed by atoms with Crippen LogP contribution in [0.15, 0.2) is 12.1 Å². The number of hydrogen-bond acceptors (Lipinski definition) is 2. The Labute approximate surface area is 81.6 Å². The Morgan fingerprint density at radius 2 is 2.23 bits per heavy atom. The van der Waals surface area contributed by atoms with E-state index in [1.54, 1.807) is 0 Å². The third-order valence-electron chi connectivity index (χ3n) is 1.82. The maximum atomic E-state index is 12.9. The smallest absolute Gasteiger partial charge is 0.125 e. The van der Waals surface area contributed by atoms with Crippen LogP contribution in [-0.4, -0.2) is 7.11 Å². The van der Waals surface area contributed by atoms with Crippen LogP contribution in [0.5, 0.6) is 0 Å². The molecule has 0 saturated carbocycles. The second kappa shape index (κ2) is 4.56. The fourth-order valence-electron chi connectivity index (χ4n) is 1.03. The molecule has 0 heterocycles. The molecular formula is C9H11ClFNO. The van der Waals surface area contributed by atoms with E-state index in [9.17, 15) is 4.39 Å². The van der Waals surface area contributed by atoms with Crippen molar-refractivity contribution in [1.82, 2.24) is 5.48 Å². The minimum atomic E-state index is -0.330. The van der Waals surface area contributed by atoms with E-state index in [1.807, 2.05) is 6.92 Å². The van der Waals surface area contributed by atoms with Crippen LogP contribution in [0.25, 0.3) is 0 Å². The number of benzene rings is 1. The zero-order chi connectivity index (χ0) is 9.84. The summed E-state index contributed by atoms with van der Waals surface area (Å²) in [5, 5.41) is 0.438. The van der Waals surface area contributed by atoms with Crippen molar-refractivity contribution in [3.8, 4) is 0 Å². The Bertz CT molecular complexity index is 304. The first-order valence-electron chi connectivity index (χ1n) is 3.85. The van der Waals surface area contributed by atoms with Gasteiger partial charge in [-0.3, -0.25) is 0 Å². The molecule has 0 aliphatic carbocycles. The first-order chi connectivity index (χ1) is 6.15. The second-order valence-corrected chi connectivity index (χ2v) is 3.10. The standard InChI is InChI=1S/C9H11ClFNO/c1-6-7(5-12-13-2)3-8(11)4-9(6)10/h3-4,12H,5H2,1-2H3. The molecule has 0 spiro atoms. The van der Waals surface area contributed by atoms with Gasteiger partial charge < -0.3 is 4.84 Å². The van der Waals surface area contributed by atoms with Crippen molar-refractivity contribution < 1.29 is 9.23 Å². The van der Waals surface area contributed by atoms with E-state index in [-0.39, 0.29) is 5.82 Å². The molecule has 0 radical (unpaired) electrons. The maximum absolute atomic E-state index is 12.9. The second-order valence-electron chi connectivity index (χ2n) is 2.70. The number of hydrogen-bond donors (Lipinski definition) is 1. The molecule has 1 rings (SSSR count). The van der Waals surface area contributed by atoms with E-state index in [0.717, 1.165) is 11.1 Å². The van der Waals surface area contributed by atoms with Crippen LogP contribution in [0.4, 0.5) is 4.39 Å². The van der Waals surface area contributed by atoms with Gasteiger partial charge >= 0.3 is 0 Å². The normalized spacial score (nSPS) is 10.5. The van der Waals surface area contributed by atoms with Crippen molar-refractivity contribution in [2.75, 3.05) is 7.11 Å². The van der Waals surface area contributed by atoms with E-state index < -0.39 is 0 Å². The molecule has 1 aromatic carbocycles. The van der Waals surface area contributed by atoms with Crippen molar-refractivity contribution >= 4 is 11.6 Å². The Morgan fingerprint density at radius 1 is 1.54 bits per heavy atom. The molecule has 2 nitrogen and oxygen atoms in total. The van der Waals surface area contributed by atoms with Gasteiger partial charge in [-0.1, -0.05) is 11.6 Å². The Kier molecular flexibility index (Phi) is 3.66. The lowest BCUT2D eigenvalue weighted by Gasteiger charge is -2.07. The van der Waals surface area contributed by atoms with Crippen molar-refractivity contribution in [2.24, 2.45) is 0 Å². The molecule has 4 heteroatoms. The van der Waals surface area contributed by atoms with Crippen LogP contribution in [0.2, 0.25) is 5.02 Å². The quantitative estimate of drug-likeness (QED) is 0.762. The van der Waals surface area contributed by atoms with E-state index in [0.29, 0.717) is 11.6 Å². The molecule has 1 aromatic rings. The monoisotopic (exact) mass is 203 g/mol. The van der Waals surface area contributed by atoms with Gasteiger partial charge in [-0.25, -0.2) is 4.39 Å². The third-order valence-corrected chi connectivity index (χ3v) is 2.22. The van der Waals surface area contributed by atoms with Gasteiger partial charge in [0.1, 0.15) is 5.82 Å². The molecule has 0 aliphatic rings. The molecular weight excluding hydrogens is 193 g/mol. The highest BCUT2D eigenvalue weighted by Crippen LogP contribution is 2.20. The summed E-state index contributed by atoms with van der Waals surface area (Å²) in [7, 11) is 1.51. The lowest BCUT2D eigenvalue weighted by Crippen LogP contribution is -2.12. The summed E-state index contributed by atoms with van der Waals surface area (Å²) in [5.41, 5.74) is 4.30. The molecule has 0 bridgehead atoms. The van der Waals surface area contributed by atoms with E-state index in [4.69, 9.17) is 11.6 Å². The van der Waals surface area contributed by atoms with Gasteiger partial charge in [0.05, 0.1) is 7.11 Å². The predicted molar refractivity (Wildman–Crippen MR) is 50.0 cm³/mol. The fourth-order valence-corrected chi connectivity index (χ4v) is 1.26. The Morgan fingerprint density at radius 3 is 2.85 bits per heavy atom. The van der Waals surface area contributed by atoms with Crippen LogP contribution in [0.3, 0.4) is 0 Å². The summed E-state index contributed by atoms with van der Waals surface area (Å²) in [6.07, 6.45) is 0. The molecule has 0 amide bonds. The van der Waals surface area contributed by atoms with Crippen LogP contribution in [0.1, 0.15) is 11.1 Å². The molecule has 72 valence electrons. The SMILES string of the molecule is CONCc1cc(F)cc(Cl)c1C. The van der Waals surface area contributed by atoms with Gasteiger partial charge in [0.15, 0.2) is 0 Å². The highest BCUT2D eigenvalue weighted by molar-refractivity contribution is 6.31. The third kappa shape index (κ3) is 2.66.